The predicted octanol–water partition coefficient (Wildman–Crippen LogP) is -0.981. The Balaban J connectivity index is 2.52. The Bertz CT molecular complexity index is 164. The van der Waals surface area contributed by atoms with E-state index in [1.807, 2.05) is 5.43 Å². The third-order valence-electron chi connectivity index (χ3n) is 1.94. The maximum atomic E-state index is 12.7. The van der Waals surface area contributed by atoms with Gasteiger partial charge in [0.2, 0.25) is 0 Å². The van der Waals surface area contributed by atoms with Crippen LogP contribution in [0.3, 0.4) is 0 Å². The third-order valence-corrected chi connectivity index (χ3v) is 1.94. The lowest BCUT2D eigenvalue weighted by Gasteiger charge is -2.15. The van der Waals surface area contributed by atoms with Crippen LogP contribution in [0, 0.1) is 0 Å². The number of carbonyl (C=O) groups excluding carboxylic acids is 1. The molecule has 1 saturated heterocycles. The highest BCUT2D eigenvalue weighted by Crippen LogP contribution is 2.17. The minimum Gasteiger partial charge on any atom is -0.293 e. The van der Waals surface area contributed by atoms with Crippen LogP contribution in [0.2, 0.25) is 0 Å². The van der Waals surface area contributed by atoms with Crippen LogP contribution in [0.15, 0.2) is 0 Å². The number of carbonyl (C=O) groups is 1. The smallest absolute Gasteiger partial charge is 0.251 e. The average molecular weight is 161 g/mol. The molecule has 11 heavy (non-hydrogen) atoms. The number of hydrogen-bond donors (Lipinski definition) is 2. The molecule has 1 amide bonds. The van der Waals surface area contributed by atoms with E-state index in [4.69, 9.17) is 5.84 Å². The van der Waals surface area contributed by atoms with Crippen LogP contribution >= 0.6 is 0 Å². The molecule has 2 atom stereocenters. The Morgan fingerprint density at radius 2 is 2.45 bits per heavy atom. The van der Waals surface area contributed by atoms with E-state index < -0.39 is 12.2 Å². The van der Waals surface area contributed by atoms with E-state index in [0.29, 0.717) is 6.54 Å². The lowest BCUT2D eigenvalue weighted by Crippen LogP contribution is -2.44. The zero-order chi connectivity index (χ0) is 8.43. The highest BCUT2D eigenvalue weighted by molar-refractivity contribution is 5.81. The van der Waals surface area contributed by atoms with Crippen molar-refractivity contribution < 1.29 is 9.18 Å². The first-order chi connectivity index (χ1) is 5.15. The number of hydrazine groups is 1. The predicted molar refractivity (Wildman–Crippen MR) is 38.3 cm³/mol. The molecule has 1 aliphatic rings. The topological polar surface area (TPSA) is 58.4 Å². The van der Waals surface area contributed by atoms with Crippen LogP contribution in [0.5, 0.6) is 0 Å². The molecule has 1 fully saturated rings. The lowest BCUT2D eigenvalue weighted by atomic mass is 10.2. The molecule has 0 aromatic heterocycles. The normalized spacial score (nSPS) is 32.3. The van der Waals surface area contributed by atoms with Gasteiger partial charge < -0.3 is 0 Å². The van der Waals surface area contributed by atoms with Gasteiger partial charge in [-0.15, -0.1) is 0 Å². The van der Waals surface area contributed by atoms with Gasteiger partial charge in [-0.1, -0.05) is 0 Å². The number of halogens is 1. The van der Waals surface area contributed by atoms with Gasteiger partial charge in [-0.2, -0.15) is 0 Å². The molecule has 64 valence electrons. The summed E-state index contributed by atoms with van der Waals surface area (Å²) in [5.41, 5.74) is 2.01. The summed E-state index contributed by atoms with van der Waals surface area (Å²) >= 11 is 0. The van der Waals surface area contributed by atoms with Crippen molar-refractivity contribution in [2.24, 2.45) is 5.84 Å². The standard InChI is InChI=1S/C6H12FN3O/c1-10-3-4(7)2-5(10)6(11)9-8/h4-5H,2-3,8H2,1H3,(H,9,11)/t4-,5-/m0/s1. The van der Waals surface area contributed by atoms with Gasteiger partial charge >= 0.3 is 0 Å². The van der Waals surface area contributed by atoms with Gasteiger partial charge in [-0.25, -0.2) is 10.2 Å². The van der Waals surface area contributed by atoms with E-state index in [0.717, 1.165) is 0 Å². The summed E-state index contributed by atoms with van der Waals surface area (Å²) in [6, 6.07) is -0.394. The van der Waals surface area contributed by atoms with Gasteiger partial charge in [0.1, 0.15) is 6.17 Å². The molecule has 5 heteroatoms. The van der Waals surface area contributed by atoms with Crippen LogP contribution in [0.4, 0.5) is 4.39 Å². The highest BCUT2D eigenvalue weighted by atomic mass is 19.1. The molecule has 0 saturated carbocycles. The van der Waals surface area contributed by atoms with E-state index in [9.17, 15) is 9.18 Å². The monoisotopic (exact) mass is 161 g/mol. The largest absolute Gasteiger partial charge is 0.293 e. The Labute approximate surface area is 64.5 Å². The van der Waals surface area contributed by atoms with E-state index >= 15 is 0 Å². The van der Waals surface area contributed by atoms with Gasteiger partial charge in [0, 0.05) is 13.0 Å². The Morgan fingerprint density at radius 1 is 1.82 bits per heavy atom. The minimum absolute atomic E-state index is 0.250. The molecule has 0 aromatic rings. The summed E-state index contributed by atoms with van der Waals surface area (Å²) in [7, 11) is 1.71. The van der Waals surface area contributed by atoms with Crippen molar-refractivity contribution in [3.63, 3.8) is 0 Å². The van der Waals surface area contributed by atoms with Crippen LogP contribution in [-0.4, -0.2) is 36.6 Å². The maximum Gasteiger partial charge on any atom is 0.251 e. The number of nitrogens with zero attached hydrogens (tertiary/aromatic N) is 1. The summed E-state index contributed by atoms with van der Waals surface area (Å²) in [5, 5.41) is 0. The van der Waals surface area contributed by atoms with E-state index in [-0.39, 0.29) is 12.3 Å². The molecule has 0 aromatic carbocycles. The fourth-order valence-corrected chi connectivity index (χ4v) is 1.34. The molecule has 0 unspecified atom stereocenters. The van der Waals surface area contributed by atoms with Crippen molar-refractivity contribution >= 4 is 5.91 Å². The second-order valence-corrected chi connectivity index (χ2v) is 2.80. The Hall–Kier alpha value is -0.680. The first-order valence-corrected chi connectivity index (χ1v) is 3.50. The molecule has 1 rings (SSSR count). The molecule has 1 aliphatic heterocycles. The number of rotatable bonds is 1. The molecule has 0 radical (unpaired) electrons. The van der Waals surface area contributed by atoms with Gasteiger partial charge in [0.05, 0.1) is 6.04 Å². The number of hydrogen-bond acceptors (Lipinski definition) is 3. The summed E-state index contributed by atoms with van der Waals surface area (Å²) in [4.78, 5) is 12.6. The molecule has 0 bridgehead atoms. The molecular formula is C6H12FN3O. The zero-order valence-electron chi connectivity index (χ0n) is 6.38. The minimum atomic E-state index is -0.901. The SMILES string of the molecule is CN1C[C@@H](F)C[C@H]1C(=O)NN. The van der Waals surface area contributed by atoms with Crippen molar-refractivity contribution in [1.29, 1.82) is 0 Å². The fraction of sp³-hybridized carbons (Fsp3) is 0.833. The third kappa shape index (κ3) is 1.66. The van der Waals surface area contributed by atoms with Crippen molar-refractivity contribution in [2.75, 3.05) is 13.6 Å². The number of likely N-dealkylation sites (tertiary alicyclic amines) is 1. The van der Waals surface area contributed by atoms with E-state index in [1.165, 1.54) is 0 Å². The van der Waals surface area contributed by atoms with E-state index in [2.05, 4.69) is 0 Å². The van der Waals surface area contributed by atoms with Crippen LogP contribution < -0.4 is 11.3 Å². The van der Waals surface area contributed by atoms with Gasteiger partial charge in [0.25, 0.3) is 5.91 Å². The molecule has 3 N–H and O–H groups in total. The number of alkyl halides is 1. The zero-order valence-corrected chi connectivity index (χ0v) is 6.38. The quantitative estimate of drug-likeness (QED) is 0.295. The summed E-state index contributed by atoms with van der Waals surface area (Å²) in [6.07, 6.45) is -0.651. The fourth-order valence-electron chi connectivity index (χ4n) is 1.34. The van der Waals surface area contributed by atoms with Crippen molar-refractivity contribution in [1.82, 2.24) is 10.3 Å². The lowest BCUT2D eigenvalue weighted by molar-refractivity contribution is -0.125. The maximum absolute atomic E-state index is 12.7. The van der Waals surface area contributed by atoms with Crippen LogP contribution in [-0.2, 0) is 4.79 Å². The van der Waals surface area contributed by atoms with Crippen molar-refractivity contribution in [3.05, 3.63) is 0 Å². The molecule has 0 aliphatic carbocycles. The van der Waals surface area contributed by atoms with Gasteiger partial charge in [-0.3, -0.25) is 15.1 Å². The molecule has 1 heterocycles. The van der Waals surface area contributed by atoms with Gasteiger partial charge in [-0.05, 0) is 7.05 Å². The second kappa shape index (κ2) is 3.15. The number of likely N-dealkylation sites (N-methyl/N-ethyl adjacent to an activating group) is 1. The first-order valence-electron chi connectivity index (χ1n) is 3.50. The molecule has 0 spiro atoms. The van der Waals surface area contributed by atoms with Gasteiger partial charge in [0.15, 0.2) is 0 Å². The summed E-state index contributed by atoms with van der Waals surface area (Å²) in [5.74, 6) is 4.60. The molecular weight excluding hydrogens is 149 g/mol. The number of nitrogens with one attached hydrogen (secondary N) is 1. The van der Waals surface area contributed by atoms with Crippen molar-refractivity contribution in [3.8, 4) is 0 Å². The number of amides is 1. The van der Waals surface area contributed by atoms with Crippen molar-refractivity contribution in [2.45, 2.75) is 18.6 Å². The number of nitrogens with two attached hydrogens (primary N) is 1. The average Bonchev–Trinajstić information content (AvgIpc) is 2.28. The highest BCUT2D eigenvalue weighted by Gasteiger charge is 2.33. The van der Waals surface area contributed by atoms with Crippen LogP contribution in [0.1, 0.15) is 6.42 Å². The molecule has 4 nitrogen and oxygen atoms in total. The first kappa shape index (κ1) is 8.42. The van der Waals surface area contributed by atoms with E-state index in [1.54, 1.807) is 11.9 Å². The summed E-state index contributed by atoms with van der Waals surface area (Å²) in [6.45, 7) is 0.318. The van der Waals surface area contributed by atoms with Crippen LogP contribution in [0.25, 0.3) is 0 Å². The Morgan fingerprint density at radius 3 is 2.82 bits per heavy atom. The second-order valence-electron chi connectivity index (χ2n) is 2.80. The Kier molecular flexibility index (Phi) is 2.41. The summed E-state index contributed by atoms with van der Waals surface area (Å²) < 4.78 is 12.7.